The lowest BCUT2D eigenvalue weighted by molar-refractivity contribution is -0.154. The van der Waals surface area contributed by atoms with Gasteiger partial charge in [0.15, 0.2) is 0 Å². The number of fused-ring (bicyclic) bond motifs is 5. The normalized spacial score (nSPS) is 47.8. The first kappa shape index (κ1) is 22.6. The summed E-state index contributed by atoms with van der Waals surface area (Å²) in [7, 11) is 0. The van der Waals surface area contributed by atoms with Gasteiger partial charge >= 0.3 is 0 Å². The van der Waals surface area contributed by atoms with Crippen LogP contribution in [0, 0.1) is 34.5 Å². The van der Waals surface area contributed by atoms with E-state index >= 15 is 0 Å². The van der Waals surface area contributed by atoms with Crippen LogP contribution in [0.15, 0.2) is 23.0 Å². The molecule has 0 amide bonds. The van der Waals surface area contributed by atoms with Crippen molar-refractivity contribution < 1.29 is 9.15 Å². The molecule has 4 nitrogen and oxygen atoms in total. The minimum Gasteiger partial charge on any atom is -0.472 e. The van der Waals surface area contributed by atoms with Crippen LogP contribution in [-0.2, 0) is 4.74 Å². The van der Waals surface area contributed by atoms with Crippen molar-refractivity contribution in [2.75, 3.05) is 26.2 Å². The summed E-state index contributed by atoms with van der Waals surface area (Å²) >= 11 is 0. The van der Waals surface area contributed by atoms with Crippen LogP contribution < -0.4 is 5.73 Å². The van der Waals surface area contributed by atoms with Crippen LogP contribution in [0.3, 0.4) is 0 Å². The Morgan fingerprint density at radius 1 is 1.06 bits per heavy atom. The second-order valence-electron chi connectivity index (χ2n) is 12.8. The van der Waals surface area contributed by atoms with Gasteiger partial charge in [-0.15, -0.1) is 0 Å². The Kier molecular flexibility index (Phi) is 5.94. The molecule has 5 fully saturated rings. The lowest BCUT2D eigenvalue weighted by atomic mass is 9.44. The molecule has 0 spiro atoms. The average Bonchev–Trinajstić information content (AvgIpc) is 3.57. The van der Waals surface area contributed by atoms with E-state index < -0.39 is 0 Å². The zero-order valence-corrected chi connectivity index (χ0v) is 21.0. The Morgan fingerprint density at radius 2 is 1.88 bits per heavy atom. The molecule has 6 rings (SSSR count). The molecule has 4 unspecified atom stereocenters. The van der Waals surface area contributed by atoms with Crippen LogP contribution in [0.5, 0.6) is 0 Å². The summed E-state index contributed by atoms with van der Waals surface area (Å²) in [5.74, 6) is 4.24. The SMILES string of the molecule is C[C@]12CC(N3CCCC3)C(OCCN)CC1CC[C@@H]1[C@H]2CC[C@]2(C)C(c3ccoc3)CC[C@@H]12. The van der Waals surface area contributed by atoms with Crippen molar-refractivity contribution in [1.82, 2.24) is 4.90 Å². The van der Waals surface area contributed by atoms with Crippen molar-refractivity contribution in [1.29, 1.82) is 0 Å². The molecule has 4 saturated carbocycles. The fourth-order valence-corrected chi connectivity index (χ4v) is 10.1. The highest BCUT2D eigenvalue weighted by Gasteiger charge is 2.61. The molecule has 0 aromatic carbocycles. The summed E-state index contributed by atoms with van der Waals surface area (Å²) in [6.07, 6.45) is 18.1. The third kappa shape index (κ3) is 3.57. The van der Waals surface area contributed by atoms with Crippen LogP contribution in [0.1, 0.15) is 89.5 Å². The summed E-state index contributed by atoms with van der Waals surface area (Å²) < 4.78 is 12.0. The third-order valence-electron chi connectivity index (χ3n) is 11.7. The molecule has 9 atom stereocenters. The smallest absolute Gasteiger partial charge is 0.0937 e. The maximum Gasteiger partial charge on any atom is 0.0937 e. The first-order valence-corrected chi connectivity index (χ1v) is 14.1. The van der Waals surface area contributed by atoms with Gasteiger partial charge in [-0.3, -0.25) is 4.90 Å². The zero-order valence-electron chi connectivity index (χ0n) is 21.0. The second kappa shape index (κ2) is 8.68. The summed E-state index contributed by atoms with van der Waals surface area (Å²) in [5.41, 5.74) is 8.26. The maximum atomic E-state index is 6.45. The van der Waals surface area contributed by atoms with Gasteiger partial charge in [-0.05, 0) is 129 Å². The zero-order chi connectivity index (χ0) is 22.6. The summed E-state index contributed by atoms with van der Waals surface area (Å²) in [5, 5.41) is 0. The van der Waals surface area contributed by atoms with Crippen molar-refractivity contribution in [3.8, 4) is 0 Å². The molecular formula is C29H46N2O2. The summed E-state index contributed by atoms with van der Waals surface area (Å²) in [6.45, 7) is 9.26. The lowest BCUT2D eigenvalue weighted by Crippen LogP contribution is -2.59. The van der Waals surface area contributed by atoms with Gasteiger partial charge in [-0.1, -0.05) is 13.8 Å². The van der Waals surface area contributed by atoms with Crippen LogP contribution in [0.2, 0.25) is 0 Å². The van der Waals surface area contributed by atoms with Crippen molar-refractivity contribution in [2.45, 2.75) is 96.1 Å². The number of ether oxygens (including phenoxy) is 1. The summed E-state index contributed by atoms with van der Waals surface area (Å²) in [4.78, 5) is 2.80. The predicted molar refractivity (Wildman–Crippen MR) is 132 cm³/mol. The minimum atomic E-state index is 0.395. The minimum absolute atomic E-state index is 0.395. The molecule has 2 N–H and O–H groups in total. The van der Waals surface area contributed by atoms with Crippen LogP contribution in [-0.4, -0.2) is 43.3 Å². The topological polar surface area (TPSA) is 51.6 Å². The Hall–Kier alpha value is -0.840. The fraction of sp³-hybridized carbons (Fsp3) is 0.862. The molecule has 5 aliphatic rings. The van der Waals surface area contributed by atoms with E-state index in [9.17, 15) is 0 Å². The molecule has 0 radical (unpaired) electrons. The van der Waals surface area contributed by atoms with E-state index in [0.717, 1.165) is 30.3 Å². The van der Waals surface area contributed by atoms with Crippen molar-refractivity contribution in [2.24, 2.45) is 40.2 Å². The average molecular weight is 455 g/mol. The van der Waals surface area contributed by atoms with E-state index in [4.69, 9.17) is 14.9 Å². The largest absolute Gasteiger partial charge is 0.472 e. The van der Waals surface area contributed by atoms with Crippen LogP contribution >= 0.6 is 0 Å². The molecule has 33 heavy (non-hydrogen) atoms. The molecule has 184 valence electrons. The third-order valence-corrected chi connectivity index (χ3v) is 11.7. The quantitative estimate of drug-likeness (QED) is 0.609. The first-order valence-electron chi connectivity index (χ1n) is 14.1. The monoisotopic (exact) mass is 454 g/mol. The lowest BCUT2D eigenvalue weighted by Gasteiger charge is -2.62. The van der Waals surface area contributed by atoms with E-state index in [-0.39, 0.29) is 0 Å². The van der Waals surface area contributed by atoms with Crippen LogP contribution in [0.4, 0.5) is 0 Å². The molecular weight excluding hydrogens is 408 g/mol. The molecule has 1 aromatic heterocycles. The fourth-order valence-electron chi connectivity index (χ4n) is 10.1. The van der Waals surface area contributed by atoms with E-state index in [1.807, 2.05) is 12.5 Å². The van der Waals surface area contributed by atoms with Gasteiger partial charge in [-0.2, -0.15) is 0 Å². The Bertz CT molecular complexity index is 805. The van der Waals surface area contributed by atoms with Crippen molar-refractivity contribution in [3.05, 3.63) is 24.2 Å². The molecule has 4 aliphatic carbocycles. The Morgan fingerprint density at radius 3 is 2.64 bits per heavy atom. The van der Waals surface area contributed by atoms with Gasteiger partial charge in [0.05, 0.1) is 25.2 Å². The standard InChI is InChI=1S/C29H46N2O2/c1-28-11-9-25-22(24(28)8-7-23(28)20-10-15-32-19-20)6-5-21-17-27(33-16-12-30)26(18-29(21,25)2)31-13-3-4-14-31/h10,15,19,21-27H,3-9,11-14,16-18,30H2,1-2H3/t21?,22-,23?,24-,25+,26?,27?,28+,29-/m0/s1. The van der Waals surface area contributed by atoms with Gasteiger partial charge < -0.3 is 14.9 Å². The van der Waals surface area contributed by atoms with Crippen LogP contribution in [0.25, 0.3) is 0 Å². The highest BCUT2D eigenvalue weighted by Crippen LogP contribution is 2.69. The van der Waals surface area contributed by atoms with E-state index in [2.05, 4.69) is 24.8 Å². The Labute approximate surface area is 201 Å². The van der Waals surface area contributed by atoms with Gasteiger partial charge in [0.2, 0.25) is 0 Å². The van der Waals surface area contributed by atoms with Crippen molar-refractivity contribution in [3.63, 3.8) is 0 Å². The number of hydrogen-bond donors (Lipinski definition) is 1. The van der Waals surface area contributed by atoms with Gasteiger partial charge in [-0.25, -0.2) is 0 Å². The highest BCUT2D eigenvalue weighted by molar-refractivity contribution is 5.22. The number of likely N-dealkylation sites (tertiary alicyclic amines) is 1. The van der Waals surface area contributed by atoms with E-state index in [0.29, 0.717) is 35.4 Å². The molecule has 1 aromatic rings. The number of rotatable bonds is 5. The molecule has 4 heteroatoms. The summed E-state index contributed by atoms with van der Waals surface area (Å²) in [6, 6.07) is 2.85. The molecule has 2 heterocycles. The second-order valence-corrected chi connectivity index (χ2v) is 12.8. The van der Waals surface area contributed by atoms with E-state index in [1.54, 1.807) is 0 Å². The molecule has 0 bridgehead atoms. The van der Waals surface area contributed by atoms with Gasteiger partial charge in [0.1, 0.15) is 0 Å². The van der Waals surface area contributed by atoms with E-state index in [1.165, 1.54) is 82.9 Å². The number of nitrogens with two attached hydrogens (primary N) is 1. The number of hydrogen-bond acceptors (Lipinski definition) is 4. The first-order chi connectivity index (χ1) is 16.0. The molecule has 1 saturated heterocycles. The maximum absolute atomic E-state index is 6.45. The Balaban J connectivity index is 1.25. The highest BCUT2D eigenvalue weighted by atomic mass is 16.5. The van der Waals surface area contributed by atoms with Gasteiger partial charge in [0.25, 0.3) is 0 Å². The van der Waals surface area contributed by atoms with Crippen molar-refractivity contribution >= 4 is 0 Å². The number of furan rings is 1. The number of nitrogens with zero attached hydrogens (tertiary/aromatic N) is 1. The van der Waals surface area contributed by atoms with Gasteiger partial charge in [0, 0.05) is 12.6 Å². The predicted octanol–water partition coefficient (Wildman–Crippen LogP) is 5.82. The molecule has 1 aliphatic heterocycles.